The summed E-state index contributed by atoms with van der Waals surface area (Å²) in [5.41, 5.74) is -2.27. The summed E-state index contributed by atoms with van der Waals surface area (Å²) in [5, 5.41) is 0. The molecular formula is C24H20F3N3O4S. The van der Waals surface area contributed by atoms with Crippen LogP contribution in [0.4, 0.5) is 13.2 Å². The first-order valence-corrected chi connectivity index (χ1v) is 11.8. The molecule has 1 heterocycles. The Hall–Kier alpha value is -3.70. The van der Waals surface area contributed by atoms with Gasteiger partial charge < -0.3 is 9.30 Å². The summed E-state index contributed by atoms with van der Waals surface area (Å²) in [6.07, 6.45) is 0. The standard InChI is InChI=1S/C24H20F3N3O4S/c1-34-15-22-28-20-8-4-5-9-21(20)30(22)14-16-10-12-17(13-11-16)18-6-2-3-7-19(18)23(31)29-35(32,33)24(25,26)27/h2-13H,14-15H2,1H3,(H,29,31). The summed E-state index contributed by atoms with van der Waals surface area (Å²) in [5.74, 6) is -0.609. The lowest BCUT2D eigenvalue weighted by Gasteiger charge is -2.13. The summed E-state index contributed by atoms with van der Waals surface area (Å²) in [4.78, 5) is 17.0. The average molecular weight is 504 g/mol. The van der Waals surface area contributed by atoms with Crippen molar-refractivity contribution in [2.75, 3.05) is 7.11 Å². The molecule has 182 valence electrons. The number of nitrogens with one attached hydrogen (secondary N) is 1. The van der Waals surface area contributed by atoms with Crippen molar-refractivity contribution in [2.45, 2.75) is 18.7 Å². The van der Waals surface area contributed by atoms with E-state index in [0.717, 1.165) is 27.1 Å². The summed E-state index contributed by atoms with van der Waals surface area (Å²) in [7, 11) is -4.24. The maximum atomic E-state index is 12.7. The number of sulfonamides is 1. The Morgan fingerprint density at radius 2 is 1.66 bits per heavy atom. The Labute approximate surface area is 199 Å². The number of rotatable bonds is 7. The van der Waals surface area contributed by atoms with Crippen LogP contribution in [0.15, 0.2) is 72.8 Å². The SMILES string of the molecule is COCc1nc2ccccc2n1Cc1ccc(-c2ccccc2C(=O)NS(=O)(=O)C(F)(F)F)cc1. The number of carbonyl (C=O) groups excluding carboxylic acids is 1. The lowest BCUT2D eigenvalue weighted by Crippen LogP contribution is -2.40. The third kappa shape index (κ3) is 5.05. The molecule has 0 aliphatic carbocycles. The van der Waals surface area contributed by atoms with E-state index < -0.39 is 21.4 Å². The number of ether oxygens (including phenoxy) is 1. The van der Waals surface area contributed by atoms with Crippen molar-refractivity contribution in [1.29, 1.82) is 0 Å². The van der Waals surface area contributed by atoms with Gasteiger partial charge in [0, 0.05) is 19.2 Å². The van der Waals surface area contributed by atoms with Gasteiger partial charge in [-0.25, -0.2) is 9.71 Å². The lowest BCUT2D eigenvalue weighted by molar-refractivity contribution is -0.0446. The molecule has 1 N–H and O–H groups in total. The molecular weight excluding hydrogens is 483 g/mol. The summed E-state index contributed by atoms with van der Waals surface area (Å²) >= 11 is 0. The van der Waals surface area contributed by atoms with E-state index in [-0.39, 0.29) is 5.56 Å². The Morgan fingerprint density at radius 3 is 2.34 bits per heavy atom. The molecule has 0 aliphatic heterocycles. The largest absolute Gasteiger partial charge is 0.516 e. The number of imidazole rings is 1. The number of carbonyl (C=O) groups is 1. The highest BCUT2D eigenvalue weighted by Crippen LogP contribution is 2.27. The highest BCUT2D eigenvalue weighted by atomic mass is 32.2. The molecule has 7 nitrogen and oxygen atoms in total. The van der Waals surface area contributed by atoms with Crippen LogP contribution in [0.1, 0.15) is 21.7 Å². The Balaban J connectivity index is 1.62. The smallest absolute Gasteiger partial charge is 0.377 e. The van der Waals surface area contributed by atoms with E-state index in [4.69, 9.17) is 4.74 Å². The quantitative estimate of drug-likeness (QED) is 0.402. The molecule has 0 spiro atoms. The van der Waals surface area contributed by atoms with Crippen LogP contribution < -0.4 is 4.72 Å². The first kappa shape index (κ1) is 24.4. The lowest BCUT2D eigenvalue weighted by atomic mass is 9.98. The number of hydrogen-bond donors (Lipinski definition) is 1. The maximum Gasteiger partial charge on any atom is 0.516 e. The van der Waals surface area contributed by atoms with Gasteiger partial charge in [0.2, 0.25) is 0 Å². The molecule has 0 saturated heterocycles. The van der Waals surface area contributed by atoms with Gasteiger partial charge in [0.1, 0.15) is 12.4 Å². The summed E-state index contributed by atoms with van der Waals surface area (Å²) in [6.45, 7) is 0.821. The van der Waals surface area contributed by atoms with Crippen molar-refractivity contribution in [3.8, 4) is 11.1 Å². The third-order valence-corrected chi connectivity index (χ3v) is 6.38. The maximum absolute atomic E-state index is 12.7. The van der Waals surface area contributed by atoms with Crippen molar-refractivity contribution in [3.05, 3.63) is 89.7 Å². The fourth-order valence-electron chi connectivity index (χ4n) is 3.68. The van der Waals surface area contributed by atoms with Crippen LogP contribution in [0.5, 0.6) is 0 Å². The van der Waals surface area contributed by atoms with Gasteiger partial charge in [0.25, 0.3) is 5.91 Å². The predicted octanol–water partition coefficient (Wildman–Crippen LogP) is 4.48. The monoisotopic (exact) mass is 503 g/mol. The number of halogens is 3. The van der Waals surface area contributed by atoms with Gasteiger partial charge in [-0.2, -0.15) is 21.6 Å². The van der Waals surface area contributed by atoms with E-state index >= 15 is 0 Å². The van der Waals surface area contributed by atoms with Crippen LogP contribution in [-0.2, 0) is 27.9 Å². The van der Waals surface area contributed by atoms with Crippen molar-refractivity contribution in [3.63, 3.8) is 0 Å². The molecule has 0 saturated carbocycles. The number of nitrogens with zero attached hydrogens (tertiary/aromatic N) is 2. The molecule has 0 unspecified atom stereocenters. The van der Waals surface area contributed by atoms with Crippen LogP contribution >= 0.6 is 0 Å². The van der Waals surface area contributed by atoms with Crippen LogP contribution in [-0.4, -0.2) is 36.5 Å². The number of amides is 1. The van der Waals surface area contributed by atoms with Gasteiger partial charge in [-0.05, 0) is 34.9 Å². The number of hydrogen-bond acceptors (Lipinski definition) is 5. The first-order valence-electron chi connectivity index (χ1n) is 10.4. The fourth-order valence-corrected chi connectivity index (χ4v) is 4.15. The molecule has 35 heavy (non-hydrogen) atoms. The molecule has 0 atom stereocenters. The van der Waals surface area contributed by atoms with E-state index in [2.05, 4.69) is 4.98 Å². The van der Waals surface area contributed by atoms with E-state index in [0.29, 0.717) is 24.3 Å². The van der Waals surface area contributed by atoms with Gasteiger partial charge >= 0.3 is 15.5 Å². The number of fused-ring (bicyclic) bond motifs is 1. The normalized spacial score (nSPS) is 12.1. The Morgan fingerprint density at radius 1 is 1.00 bits per heavy atom. The zero-order valence-corrected chi connectivity index (χ0v) is 19.2. The minimum atomic E-state index is -5.83. The highest BCUT2D eigenvalue weighted by molar-refractivity contribution is 7.90. The minimum absolute atomic E-state index is 0.198. The van der Waals surface area contributed by atoms with Crippen molar-refractivity contribution in [1.82, 2.24) is 14.3 Å². The Kier molecular flexibility index (Phi) is 6.64. The fraction of sp³-hybridized carbons (Fsp3) is 0.167. The van der Waals surface area contributed by atoms with Crippen LogP contribution in [0, 0.1) is 0 Å². The third-order valence-electron chi connectivity index (χ3n) is 5.32. The number of benzene rings is 3. The van der Waals surface area contributed by atoms with Gasteiger partial charge in [-0.15, -0.1) is 0 Å². The molecule has 1 amide bonds. The van der Waals surface area contributed by atoms with Crippen LogP contribution in [0.3, 0.4) is 0 Å². The van der Waals surface area contributed by atoms with Crippen LogP contribution in [0.25, 0.3) is 22.2 Å². The highest BCUT2D eigenvalue weighted by Gasteiger charge is 2.47. The van der Waals surface area contributed by atoms with E-state index in [1.807, 2.05) is 41.0 Å². The van der Waals surface area contributed by atoms with E-state index in [1.165, 1.54) is 18.2 Å². The van der Waals surface area contributed by atoms with Gasteiger partial charge in [0.15, 0.2) is 0 Å². The second-order valence-corrected chi connectivity index (χ2v) is 9.33. The van der Waals surface area contributed by atoms with E-state index in [9.17, 15) is 26.4 Å². The van der Waals surface area contributed by atoms with Gasteiger partial charge in [-0.3, -0.25) is 4.79 Å². The number of alkyl halides is 3. The molecule has 1 aromatic heterocycles. The summed E-state index contributed by atoms with van der Waals surface area (Å²) < 4.78 is 69.2. The molecule has 0 radical (unpaired) electrons. The van der Waals surface area contributed by atoms with Crippen molar-refractivity contribution < 1.29 is 31.1 Å². The number of aromatic nitrogens is 2. The van der Waals surface area contributed by atoms with Crippen molar-refractivity contribution in [2.24, 2.45) is 0 Å². The van der Waals surface area contributed by atoms with Crippen molar-refractivity contribution >= 4 is 27.0 Å². The molecule has 4 aromatic rings. The topological polar surface area (TPSA) is 90.3 Å². The Bertz CT molecular complexity index is 1480. The van der Waals surface area contributed by atoms with Gasteiger partial charge in [-0.1, -0.05) is 54.6 Å². The zero-order chi connectivity index (χ0) is 25.2. The second-order valence-electron chi connectivity index (χ2n) is 7.66. The second kappa shape index (κ2) is 9.51. The molecule has 0 fully saturated rings. The summed E-state index contributed by atoms with van der Waals surface area (Å²) in [6, 6.07) is 20.6. The average Bonchev–Trinajstić information content (AvgIpc) is 3.16. The minimum Gasteiger partial charge on any atom is -0.377 e. The first-order chi connectivity index (χ1) is 16.6. The molecule has 11 heteroatoms. The van der Waals surface area contributed by atoms with E-state index in [1.54, 1.807) is 25.3 Å². The number of para-hydroxylation sites is 2. The molecule has 0 aliphatic rings. The van der Waals surface area contributed by atoms with Gasteiger partial charge in [0.05, 0.1) is 11.0 Å². The number of methoxy groups -OCH3 is 1. The molecule has 3 aromatic carbocycles. The zero-order valence-electron chi connectivity index (χ0n) is 18.4. The molecule has 0 bridgehead atoms. The predicted molar refractivity (Wildman–Crippen MR) is 124 cm³/mol. The molecule has 4 rings (SSSR count). The van der Waals surface area contributed by atoms with Crippen LogP contribution in [0.2, 0.25) is 0 Å².